The van der Waals surface area contributed by atoms with E-state index in [0.29, 0.717) is 24.2 Å². The molecule has 4 rings (SSSR count). The van der Waals surface area contributed by atoms with Crippen molar-refractivity contribution in [3.63, 3.8) is 0 Å². The number of benzene rings is 3. The highest BCUT2D eigenvalue weighted by Crippen LogP contribution is 2.16. The number of nitrogens with one attached hydrogen (secondary N) is 2. The smallest absolute Gasteiger partial charge is 0.261 e. The van der Waals surface area contributed by atoms with Crippen LogP contribution in [0.5, 0.6) is 0 Å². The van der Waals surface area contributed by atoms with Crippen LogP contribution in [0.1, 0.15) is 21.7 Å². The number of rotatable bonds is 9. The number of nitrogens with zero attached hydrogens (tertiary/aromatic N) is 2. The maximum atomic E-state index is 12.5. The zero-order chi connectivity index (χ0) is 23.1. The highest BCUT2D eigenvalue weighted by Gasteiger charge is 2.15. The maximum Gasteiger partial charge on any atom is 0.261 e. The fourth-order valence-electron chi connectivity index (χ4n) is 3.39. The number of hydrogen-bond acceptors (Lipinski definition) is 4. The van der Waals surface area contributed by atoms with E-state index in [-0.39, 0.29) is 10.8 Å². The molecule has 7 nitrogen and oxygen atoms in total. The van der Waals surface area contributed by atoms with E-state index in [1.807, 2.05) is 30.5 Å². The minimum atomic E-state index is -3.73. The molecule has 0 spiro atoms. The molecular weight excluding hydrogens is 436 g/mol. The van der Waals surface area contributed by atoms with Crippen molar-refractivity contribution in [2.24, 2.45) is 0 Å². The van der Waals surface area contributed by atoms with Crippen molar-refractivity contribution < 1.29 is 13.2 Å². The first-order chi connectivity index (χ1) is 16.0. The topological polar surface area (TPSA) is 93.1 Å². The molecule has 2 N–H and O–H groups in total. The second-order valence-electron chi connectivity index (χ2n) is 7.46. The molecule has 0 atom stereocenters. The van der Waals surface area contributed by atoms with Gasteiger partial charge in [0, 0.05) is 43.2 Å². The number of imidazole rings is 1. The predicted octanol–water partition coefficient (Wildman–Crippen LogP) is 3.70. The molecule has 168 valence electrons. The van der Waals surface area contributed by atoms with Crippen LogP contribution in [0.25, 0.3) is 0 Å². The Morgan fingerprint density at radius 3 is 2.24 bits per heavy atom. The maximum absolute atomic E-state index is 12.5. The van der Waals surface area contributed by atoms with Crippen LogP contribution in [0.3, 0.4) is 0 Å². The quantitative estimate of drug-likeness (QED) is 0.398. The van der Waals surface area contributed by atoms with E-state index >= 15 is 0 Å². The number of carbonyl (C=O) groups is 1. The van der Waals surface area contributed by atoms with E-state index in [0.717, 1.165) is 12.4 Å². The van der Waals surface area contributed by atoms with Gasteiger partial charge >= 0.3 is 0 Å². The Hall–Kier alpha value is -3.91. The summed E-state index contributed by atoms with van der Waals surface area (Å²) in [5.74, 6) is 0.615. The first kappa shape index (κ1) is 22.3. The van der Waals surface area contributed by atoms with E-state index in [9.17, 15) is 13.2 Å². The number of para-hydroxylation sites is 1. The minimum Gasteiger partial charge on any atom is -0.352 e. The zero-order valence-electron chi connectivity index (χ0n) is 17.9. The predicted molar refractivity (Wildman–Crippen MR) is 128 cm³/mol. The van der Waals surface area contributed by atoms with Crippen molar-refractivity contribution in [1.29, 1.82) is 0 Å². The normalized spacial score (nSPS) is 11.2. The lowest BCUT2D eigenvalue weighted by Gasteiger charge is -2.10. The summed E-state index contributed by atoms with van der Waals surface area (Å²) in [7, 11) is -3.73. The van der Waals surface area contributed by atoms with Gasteiger partial charge in [0.05, 0.1) is 4.90 Å². The highest BCUT2D eigenvalue weighted by atomic mass is 32.2. The summed E-state index contributed by atoms with van der Waals surface area (Å²) in [5, 5.41) is 2.87. The van der Waals surface area contributed by atoms with Crippen molar-refractivity contribution >= 4 is 21.6 Å². The third kappa shape index (κ3) is 5.87. The van der Waals surface area contributed by atoms with E-state index in [1.165, 1.54) is 29.8 Å². The Kier molecular flexibility index (Phi) is 6.85. The van der Waals surface area contributed by atoms with Crippen molar-refractivity contribution in [3.8, 4) is 0 Å². The van der Waals surface area contributed by atoms with Crippen LogP contribution in [-0.4, -0.2) is 30.4 Å². The lowest BCUT2D eigenvalue weighted by Crippen LogP contribution is -2.26. The second kappa shape index (κ2) is 10.1. The SMILES string of the molecule is O=C(NCCc1nccn1Cc1ccccc1)c1ccc(S(=O)(=O)Nc2ccccc2)cc1. The fourth-order valence-corrected chi connectivity index (χ4v) is 4.45. The molecule has 0 saturated carbocycles. The molecule has 0 aliphatic rings. The largest absolute Gasteiger partial charge is 0.352 e. The number of hydrogen-bond donors (Lipinski definition) is 2. The average Bonchev–Trinajstić information content (AvgIpc) is 3.27. The summed E-state index contributed by atoms with van der Waals surface area (Å²) >= 11 is 0. The molecule has 0 unspecified atom stereocenters. The third-order valence-electron chi connectivity index (χ3n) is 5.08. The Morgan fingerprint density at radius 2 is 1.55 bits per heavy atom. The average molecular weight is 461 g/mol. The molecule has 0 saturated heterocycles. The van der Waals surface area contributed by atoms with Crippen LogP contribution in [0, 0.1) is 0 Å². The number of carbonyl (C=O) groups excluding carboxylic acids is 1. The van der Waals surface area contributed by atoms with Crippen LogP contribution in [0.15, 0.2) is 102 Å². The minimum absolute atomic E-state index is 0.0887. The molecule has 0 bridgehead atoms. The van der Waals surface area contributed by atoms with Gasteiger partial charge < -0.3 is 9.88 Å². The van der Waals surface area contributed by atoms with Gasteiger partial charge in [-0.3, -0.25) is 9.52 Å². The standard InChI is InChI=1S/C25H24N4O3S/c30-25(27-16-15-24-26-17-18-29(24)19-20-7-3-1-4-8-20)21-11-13-23(14-12-21)33(31,32)28-22-9-5-2-6-10-22/h1-14,17-18,28H,15-16,19H2,(H,27,30). The van der Waals surface area contributed by atoms with Gasteiger partial charge in [0.15, 0.2) is 0 Å². The number of aromatic nitrogens is 2. The van der Waals surface area contributed by atoms with Gasteiger partial charge in [-0.1, -0.05) is 48.5 Å². The molecule has 0 fully saturated rings. The number of amides is 1. The fraction of sp³-hybridized carbons (Fsp3) is 0.120. The first-order valence-electron chi connectivity index (χ1n) is 10.5. The zero-order valence-corrected chi connectivity index (χ0v) is 18.7. The molecule has 0 radical (unpaired) electrons. The van der Waals surface area contributed by atoms with Gasteiger partial charge in [-0.25, -0.2) is 13.4 Å². The van der Waals surface area contributed by atoms with E-state index in [4.69, 9.17) is 0 Å². The molecule has 4 aromatic rings. The monoisotopic (exact) mass is 460 g/mol. The lowest BCUT2D eigenvalue weighted by molar-refractivity contribution is 0.0954. The molecule has 0 aliphatic heterocycles. The molecule has 33 heavy (non-hydrogen) atoms. The van der Waals surface area contributed by atoms with Crippen LogP contribution < -0.4 is 10.0 Å². The Labute approximate surface area is 193 Å². The second-order valence-corrected chi connectivity index (χ2v) is 9.14. The number of sulfonamides is 1. The van der Waals surface area contributed by atoms with Gasteiger partial charge in [0.25, 0.3) is 15.9 Å². The summed E-state index contributed by atoms with van der Waals surface area (Å²) < 4.78 is 29.6. The van der Waals surface area contributed by atoms with Gasteiger partial charge in [0.1, 0.15) is 5.82 Å². The van der Waals surface area contributed by atoms with Crippen LogP contribution in [0.2, 0.25) is 0 Å². The van der Waals surface area contributed by atoms with Crippen molar-refractivity contribution in [3.05, 3.63) is 114 Å². The van der Waals surface area contributed by atoms with E-state index in [2.05, 4.69) is 31.7 Å². The molecule has 0 aliphatic carbocycles. The summed E-state index contributed by atoms with van der Waals surface area (Å²) in [6.07, 6.45) is 4.26. The Balaban J connectivity index is 1.32. The lowest BCUT2D eigenvalue weighted by atomic mass is 10.2. The Morgan fingerprint density at radius 1 is 0.879 bits per heavy atom. The van der Waals surface area contributed by atoms with Crippen molar-refractivity contribution in [1.82, 2.24) is 14.9 Å². The molecular formula is C25H24N4O3S. The summed E-state index contributed by atoms with van der Waals surface area (Å²) in [5.41, 5.74) is 2.05. The third-order valence-corrected chi connectivity index (χ3v) is 6.48. The molecule has 1 aromatic heterocycles. The van der Waals surface area contributed by atoms with Crippen molar-refractivity contribution in [2.45, 2.75) is 17.9 Å². The van der Waals surface area contributed by atoms with Gasteiger partial charge in [0.2, 0.25) is 0 Å². The number of anilines is 1. The van der Waals surface area contributed by atoms with Crippen LogP contribution >= 0.6 is 0 Å². The van der Waals surface area contributed by atoms with E-state index in [1.54, 1.807) is 30.5 Å². The van der Waals surface area contributed by atoms with Gasteiger partial charge in [-0.2, -0.15) is 0 Å². The molecule has 8 heteroatoms. The van der Waals surface area contributed by atoms with Gasteiger partial charge in [-0.05, 0) is 42.0 Å². The Bertz CT molecular complexity index is 1300. The first-order valence-corrected chi connectivity index (χ1v) is 12.0. The molecule has 1 amide bonds. The van der Waals surface area contributed by atoms with Gasteiger partial charge in [-0.15, -0.1) is 0 Å². The van der Waals surface area contributed by atoms with Crippen LogP contribution in [-0.2, 0) is 23.0 Å². The summed E-state index contributed by atoms with van der Waals surface area (Å²) in [6, 6.07) is 24.6. The van der Waals surface area contributed by atoms with E-state index < -0.39 is 10.0 Å². The highest BCUT2D eigenvalue weighted by molar-refractivity contribution is 7.92. The summed E-state index contributed by atoms with van der Waals surface area (Å²) in [6.45, 7) is 1.14. The summed E-state index contributed by atoms with van der Waals surface area (Å²) in [4.78, 5) is 17.0. The molecule has 3 aromatic carbocycles. The molecule has 1 heterocycles. The van der Waals surface area contributed by atoms with Crippen molar-refractivity contribution in [2.75, 3.05) is 11.3 Å². The van der Waals surface area contributed by atoms with Crippen LogP contribution in [0.4, 0.5) is 5.69 Å².